The summed E-state index contributed by atoms with van der Waals surface area (Å²) in [5.74, 6) is -0.749. The first kappa shape index (κ1) is 13.8. The predicted octanol–water partition coefficient (Wildman–Crippen LogP) is 1.77. The van der Waals surface area contributed by atoms with Crippen molar-refractivity contribution in [1.82, 2.24) is 4.90 Å². The molecule has 0 aliphatic carbocycles. The van der Waals surface area contributed by atoms with Crippen molar-refractivity contribution in [2.75, 3.05) is 19.7 Å². The molecule has 100 valence electrons. The summed E-state index contributed by atoms with van der Waals surface area (Å²) in [6.45, 7) is 0.930. The van der Waals surface area contributed by atoms with Crippen LogP contribution in [0, 0.1) is 17.1 Å². The Kier molecular flexibility index (Phi) is 4.35. The first-order valence-corrected chi connectivity index (χ1v) is 6.21. The summed E-state index contributed by atoms with van der Waals surface area (Å²) in [6.07, 6.45) is -0.724. The van der Waals surface area contributed by atoms with Crippen LogP contribution in [0.15, 0.2) is 18.2 Å². The second kappa shape index (κ2) is 6.00. The Balaban J connectivity index is 2.07. The minimum Gasteiger partial charge on any atom is -0.360 e. The number of hydrogen-bond donors (Lipinski definition) is 0. The molecule has 4 nitrogen and oxygen atoms in total. The Morgan fingerprint density at radius 3 is 3.11 bits per heavy atom. The summed E-state index contributed by atoms with van der Waals surface area (Å²) in [5, 5.41) is 9.01. The maximum Gasteiger partial charge on any atom is 0.227 e. The van der Waals surface area contributed by atoms with Crippen LogP contribution >= 0.6 is 11.6 Å². The Morgan fingerprint density at radius 2 is 2.42 bits per heavy atom. The lowest BCUT2D eigenvalue weighted by atomic mass is 10.1. The lowest BCUT2D eigenvalue weighted by molar-refractivity contribution is -0.136. The third kappa shape index (κ3) is 3.22. The van der Waals surface area contributed by atoms with Crippen LogP contribution in [0.4, 0.5) is 4.39 Å². The van der Waals surface area contributed by atoms with Crippen LogP contribution in [-0.4, -0.2) is 36.6 Å². The van der Waals surface area contributed by atoms with E-state index in [2.05, 4.69) is 0 Å². The van der Waals surface area contributed by atoms with Crippen molar-refractivity contribution in [3.63, 3.8) is 0 Å². The normalized spacial score (nSPS) is 19.0. The summed E-state index contributed by atoms with van der Waals surface area (Å²) < 4.78 is 18.7. The van der Waals surface area contributed by atoms with Gasteiger partial charge in [0.05, 0.1) is 25.6 Å². The molecule has 1 aromatic carbocycles. The smallest absolute Gasteiger partial charge is 0.227 e. The van der Waals surface area contributed by atoms with E-state index in [0.717, 1.165) is 0 Å². The molecule has 0 aromatic heterocycles. The van der Waals surface area contributed by atoms with E-state index < -0.39 is 11.9 Å². The maximum atomic E-state index is 13.6. The molecule has 1 aliphatic heterocycles. The van der Waals surface area contributed by atoms with Crippen LogP contribution in [0.5, 0.6) is 0 Å². The molecule has 19 heavy (non-hydrogen) atoms. The number of nitriles is 1. The van der Waals surface area contributed by atoms with E-state index in [4.69, 9.17) is 21.6 Å². The Labute approximate surface area is 115 Å². The zero-order chi connectivity index (χ0) is 13.8. The fourth-order valence-electron chi connectivity index (χ4n) is 1.92. The number of rotatable bonds is 2. The highest BCUT2D eigenvalue weighted by molar-refractivity contribution is 6.31. The highest BCUT2D eigenvalue weighted by atomic mass is 35.5. The number of morpholine rings is 1. The minimum absolute atomic E-state index is 0.107. The number of amides is 1. The van der Waals surface area contributed by atoms with E-state index >= 15 is 0 Å². The molecule has 0 spiro atoms. The van der Waals surface area contributed by atoms with Gasteiger partial charge in [-0.15, -0.1) is 0 Å². The first-order chi connectivity index (χ1) is 9.11. The molecule has 0 radical (unpaired) electrons. The van der Waals surface area contributed by atoms with E-state index in [1.54, 1.807) is 6.07 Å². The van der Waals surface area contributed by atoms with Crippen LogP contribution in [0.2, 0.25) is 5.02 Å². The molecule has 1 heterocycles. The Bertz CT molecular complexity index is 510. The van der Waals surface area contributed by atoms with Crippen molar-refractivity contribution in [2.45, 2.75) is 12.5 Å². The third-order valence-electron chi connectivity index (χ3n) is 2.95. The molecule has 0 N–H and O–H groups in total. The Hall–Kier alpha value is -1.64. The monoisotopic (exact) mass is 282 g/mol. The van der Waals surface area contributed by atoms with E-state index in [9.17, 15) is 9.18 Å². The van der Waals surface area contributed by atoms with Crippen molar-refractivity contribution in [1.29, 1.82) is 5.26 Å². The molecular weight excluding hydrogens is 271 g/mol. The van der Waals surface area contributed by atoms with Crippen molar-refractivity contribution in [3.05, 3.63) is 34.6 Å². The van der Waals surface area contributed by atoms with E-state index in [1.165, 1.54) is 17.0 Å². The molecule has 0 saturated carbocycles. The molecule has 0 bridgehead atoms. The van der Waals surface area contributed by atoms with Crippen molar-refractivity contribution in [2.24, 2.45) is 0 Å². The lowest BCUT2D eigenvalue weighted by Crippen LogP contribution is -2.45. The molecule has 2 rings (SSSR count). The van der Waals surface area contributed by atoms with Gasteiger partial charge in [0, 0.05) is 17.1 Å². The standard InChI is InChI=1S/C13H12ClFN2O2/c14-11-2-1-3-12(15)10(11)6-13(18)17-4-5-19-9(7-16)8-17/h1-3,9H,4-6,8H2. The summed E-state index contributed by atoms with van der Waals surface area (Å²) in [4.78, 5) is 13.6. The Morgan fingerprint density at radius 1 is 1.63 bits per heavy atom. The van der Waals surface area contributed by atoms with Gasteiger partial charge in [-0.25, -0.2) is 4.39 Å². The van der Waals surface area contributed by atoms with Gasteiger partial charge in [-0.3, -0.25) is 4.79 Å². The van der Waals surface area contributed by atoms with Crippen LogP contribution in [0.25, 0.3) is 0 Å². The molecule has 1 saturated heterocycles. The minimum atomic E-state index is -0.617. The average Bonchev–Trinajstić information content (AvgIpc) is 2.43. The second-order valence-corrected chi connectivity index (χ2v) is 4.61. The van der Waals surface area contributed by atoms with Crippen LogP contribution in [0.1, 0.15) is 5.56 Å². The van der Waals surface area contributed by atoms with Crippen molar-refractivity contribution >= 4 is 17.5 Å². The van der Waals surface area contributed by atoms with Crippen LogP contribution in [0.3, 0.4) is 0 Å². The van der Waals surface area contributed by atoms with Gasteiger partial charge in [0.1, 0.15) is 5.82 Å². The van der Waals surface area contributed by atoms with Crippen molar-refractivity contribution < 1.29 is 13.9 Å². The first-order valence-electron chi connectivity index (χ1n) is 5.83. The van der Waals surface area contributed by atoms with Gasteiger partial charge in [-0.1, -0.05) is 17.7 Å². The molecule has 1 atom stereocenters. The van der Waals surface area contributed by atoms with Crippen LogP contribution < -0.4 is 0 Å². The second-order valence-electron chi connectivity index (χ2n) is 4.21. The lowest BCUT2D eigenvalue weighted by Gasteiger charge is -2.30. The SMILES string of the molecule is N#CC1CN(C(=O)Cc2c(F)cccc2Cl)CCO1. The summed E-state index contributed by atoms with van der Waals surface area (Å²) in [6, 6.07) is 6.27. The van der Waals surface area contributed by atoms with Gasteiger partial charge < -0.3 is 9.64 Å². The zero-order valence-electron chi connectivity index (χ0n) is 10.1. The highest BCUT2D eigenvalue weighted by Crippen LogP contribution is 2.20. The molecule has 1 unspecified atom stereocenters. The average molecular weight is 283 g/mol. The summed E-state index contributed by atoms with van der Waals surface area (Å²) >= 11 is 5.88. The zero-order valence-corrected chi connectivity index (χ0v) is 10.9. The molecule has 1 aromatic rings. The van der Waals surface area contributed by atoms with E-state index in [0.29, 0.717) is 13.2 Å². The summed E-state index contributed by atoms with van der Waals surface area (Å²) in [7, 11) is 0. The molecule has 6 heteroatoms. The fraction of sp³-hybridized carbons (Fsp3) is 0.385. The quantitative estimate of drug-likeness (QED) is 0.831. The van der Waals surface area contributed by atoms with Gasteiger partial charge in [0.25, 0.3) is 0 Å². The molecule has 1 aliphatic rings. The fourth-order valence-corrected chi connectivity index (χ4v) is 2.15. The third-order valence-corrected chi connectivity index (χ3v) is 3.31. The topological polar surface area (TPSA) is 53.3 Å². The molecule has 1 amide bonds. The highest BCUT2D eigenvalue weighted by Gasteiger charge is 2.25. The van der Waals surface area contributed by atoms with Gasteiger partial charge in [-0.2, -0.15) is 5.26 Å². The number of halogens is 2. The number of hydrogen-bond acceptors (Lipinski definition) is 3. The number of nitrogens with zero attached hydrogens (tertiary/aromatic N) is 2. The predicted molar refractivity (Wildman–Crippen MR) is 67.0 cm³/mol. The van der Waals surface area contributed by atoms with E-state index in [1.807, 2.05) is 6.07 Å². The number of ether oxygens (including phenoxy) is 1. The molecular formula is C13H12ClFN2O2. The van der Waals surface area contributed by atoms with Gasteiger partial charge in [0.2, 0.25) is 5.91 Å². The molecule has 1 fully saturated rings. The number of carbonyl (C=O) groups is 1. The number of benzene rings is 1. The van der Waals surface area contributed by atoms with Gasteiger partial charge in [-0.05, 0) is 12.1 Å². The van der Waals surface area contributed by atoms with Gasteiger partial charge in [0.15, 0.2) is 6.10 Å². The van der Waals surface area contributed by atoms with Gasteiger partial charge >= 0.3 is 0 Å². The number of carbonyl (C=O) groups excluding carboxylic acids is 1. The maximum absolute atomic E-state index is 13.6. The largest absolute Gasteiger partial charge is 0.360 e. The van der Waals surface area contributed by atoms with Crippen LogP contribution in [-0.2, 0) is 16.0 Å². The van der Waals surface area contributed by atoms with E-state index in [-0.39, 0.29) is 29.5 Å². The van der Waals surface area contributed by atoms with Crippen molar-refractivity contribution in [3.8, 4) is 6.07 Å². The summed E-state index contributed by atoms with van der Waals surface area (Å²) in [5.41, 5.74) is 0.189.